The average Bonchev–Trinajstić information content (AvgIpc) is 3.57. The molecule has 35 heavy (non-hydrogen) atoms. The summed E-state index contributed by atoms with van der Waals surface area (Å²) in [6, 6.07) is 23.6. The highest BCUT2D eigenvalue weighted by Crippen LogP contribution is 2.29. The average molecular weight is 469 g/mol. The first-order valence-corrected chi connectivity index (χ1v) is 12.6. The summed E-state index contributed by atoms with van der Waals surface area (Å²) >= 11 is 0. The second kappa shape index (κ2) is 9.82. The first kappa shape index (κ1) is 22.3. The van der Waals surface area contributed by atoms with Crippen molar-refractivity contribution < 1.29 is 9.84 Å². The van der Waals surface area contributed by atoms with Crippen LogP contribution >= 0.6 is 0 Å². The number of imidazole rings is 1. The Morgan fingerprint density at radius 2 is 1.91 bits per heavy atom. The molecule has 0 amide bonds. The number of benzene rings is 3. The van der Waals surface area contributed by atoms with E-state index in [1.165, 1.54) is 16.6 Å². The second-order valence-corrected chi connectivity index (χ2v) is 9.75. The van der Waals surface area contributed by atoms with E-state index in [2.05, 4.69) is 74.4 Å². The Hall–Kier alpha value is -3.19. The van der Waals surface area contributed by atoms with Crippen molar-refractivity contribution in [2.45, 2.75) is 31.5 Å². The molecule has 2 unspecified atom stereocenters. The molecule has 1 aromatic heterocycles. The summed E-state index contributed by atoms with van der Waals surface area (Å²) in [4.78, 5) is 6.91. The Kier molecular flexibility index (Phi) is 6.25. The molecule has 0 radical (unpaired) electrons. The van der Waals surface area contributed by atoms with Gasteiger partial charge in [-0.05, 0) is 65.9 Å². The first-order chi connectivity index (χ1) is 17.2. The van der Waals surface area contributed by atoms with Gasteiger partial charge in [-0.1, -0.05) is 42.5 Å². The lowest BCUT2D eigenvalue weighted by Gasteiger charge is -2.30. The number of nitrogens with zero attached hydrogens (tertiary/aromatic N) is 3. The molecule has 2 aliphatic rings. The molecule has 0 aliphatic carbocycles. The van der Waals surface area contributed by atoms with E-state index in [1.54, 1.807) is 0 Å². The van der Waals surface area contributed by atoms with Crippen LogP contribution in [0.2, 0.25) is 0 Å². The Morgan fingerprint density at radius 1 is 1.03 bits per heavy atom. The minimum absolute atomic E-state index is 0.280. The minimum Gasteiger partial charge on any atom is -0.491 e. The molecule has 3 heterocycles. The topological polar surface area (TPSA) is 62.6 Å². The normalized spacial score (nSPS) is 19.1. The quantitative estimate of drug-likeness (QED) is 0.429. The van der Waals surface area contributed by atoms with Crippen molar-refractivity contribution in [1.82, 2.24) is 19.8 Å². The van der Waals surface area contributed by atoms with Crippen molar-refractivity contribution >= 4 is 11.0 Å². The molecule has 0 spiro atoms. The standard InChI is InChI=1S/C29H32N4O2/c34-26(18-32-13-11-21-4-1-2-5-24(21)17-32)19-35-27-7-3-6-22(14-27)23-8-9-28-29(15-23)33(20-31-28)25-10-12-30-16-25/h1-9,14-15,20,25-26,30,34H,10-13,16-19H2. The van der Waals surface area contributed by atoms with Crippen molar-refractivity contribution in [3.05, 3.63) is 84.2 Å². The summed E-state index contributed by atoms with van der Waals surface area (Å²) in [5.41, 5.74) is 7.22. The zero-order chi connectivity index (χ0) is 23.6. The molecule has 6 nitrogen and oxygen atoms in total. The van der Waals surface area contributed by atoms with Crippen LogP contribution in [0.15, 0.2) is 73.1 Å². The van der Waals surface area contributed by atoms with Crippen LogP contribution in [-0.4, -0.2) is 58.4 Å². The second-order valence-electron chi connectivity index (χ2n) is 9.75. The maximum absolute atomic E-state index is 10.6. The highest BCUT2D eigenvalue weighted by atomic mass is 16.5. The van der Waals surface area contributed by atoms with E-state index in [9.17, 15) is 5.11 Å². The van der Waals surface area contributed by atoms with Gasteiger partial charge >= 0.3 is 0 Å². The van der Waals surface area contributed by atoms with Crippen molar-refractivity contribution in [3.8, 4) is 16.9 Å². The summed E-state index contributed by atoms with van der Waals surface area (Å²) in [6.07, 6.45) is 3.60. The van der Waals surface area contributed by atoms with E-state index in [-0.39, 0.29) is 6.61 Å². The zero-order valence-corrected chi connectivity index (χ0v) is 19.9. The van der Waals surface area contributed by atoms with Gasteiger partial charge in [-0.3, -0.25) is 4.90 Å². The van der Waals surface area contributed by atoms with Crippen molar-refractivity contribution in [3.63, 3.8) is 0 Å². The summed E-state index contributed by atoms with van der Waals surface area (Å²) in [7, 11) is 0. The number of rotatable bonds is 7. The third-order valence-corrected chi connectivity index (χ3v) is 7.29. The molecule has 2 N–H and O–H groups in total. The van der Waals surface area contributed by atoms with Crippen LogP contribution < -0.4 is 10.1 Å². The minimum atomic E-state index is -0.533. The highest BCUT2D eigenvalue weighted by molar-refractivity contribution is 5.82. The number of nitrogens with one attached hydrogen (secondary N) is 1. The third kappa shape index (κ3) is 4.82. The molecule has 1 saturated heterocycles. The highest BCUT2D eigenvalue weighted by Gasteiger charge is 2.20. The van der Waals surface area contributed by atoms with Gasteiger partial charge in [0.2, 0.25) is 0 Å². The van der Waals surface area contributed by atoms with E-state index in [4.69, 9.17) is 4.74 Å². The molecule has 2 aliphatic heterocycles. The van der Waals surface area contributed by atoms with Gasteiger partial charge < -0.3 is 19.7 Å². The molecule has 4 aromatic rings. The molecule has 1 fully saturated rings. The lowest BCUT2D eigenvalue weighted by molar-refractivity contribution is 0.0638. The summed E-state index contributed by atoms with van der Waals surface area (Å²) in [6.45, 7) is 4.80. The van der Waals surface area contributed by atoms with Crippen LogP contribution in [0, 0.1) is 0 Å². The van der Waals surface area contributed by atoms with E-state index < -0.39 is 6.10 Å². The van der Waals surface area contributed by atoms with Gasteiger partial charge in [-0.2, -0.15) is 0 Å². The number of hydrogen-bond donors (Lipinski definition) is 2. The van der Waals surface area contributed by atoms with Gasteiger partial charge in [0, 0.05) is 32.2 Å². The van der Waals surface area contributed by atoms with Crippen LogP contribution in [0.25, 0.3) is 22.2 Å². The molecular weight excluding hydrogens is 436 g/mol. The molecule has 6 rings (SSSR count). The number of hydrogen-bond acceptors (Lipinski definition) is 5. The monoisotopic (exact) mass is 468 g/mol. The third-order valence-electron chi connectivity index (χ3n) is 7.29. The lowest BCUT2D eigenvalue weighted by Crippen LogP contribution is -2.38. The maximum atomic E-state index is 10.6. The van der Waals surface area contributed by atoms with Gasteiger partial charge in [-0.15, -0.1) is 0 Å². The first-order valence-electron chi connectivity index (χ1n) is 12.6. The smallest absolute Gasteiger partial charge is 0.120 e. The van der Waals surface area contributed by atoms with Crippen molar-refractivity contribution in [1.29, 1.82) is 0 Å². The maximum Gasteiger partial charge on any atom is 0.120 e. The fourth-order valence-corrected chi connectivity index (χ4v) is 5.39. The number of aliphatic hydroxyl groups excluding tert-OH is 1. The van der Waals surface area contributed by atoms with E-state index in [0.717, 1.165) is 61.4 Å². The number of aliphatic hydroxyl groups is 1. The fraction of sp³-hybridized carbons (Fsp3) is 0.345. The Morgan fingerprint density at radius 3 is 2.80 bits per heavy atom. The molecule has 3 aromatic carbocycles. The predicted molar refractivity (Wildman–Crippen MR) is 139 cm³/mol. The number of aromatic nitrogens is 2. The number of ether oxygens (including phenoxy) is 1. The van der Waals surface area contributed by atoms with Crippen molar-refractivity contribution in [2.75, 3.05) is 32.8 Å². The van der Waals surface area contributed by atoms with Gasteiger partial charge in [0.1, 0.15) is 18.5 Å². The van der Waals surface area contributed by atoms with Gasteiger partial charge in [0.15, 0.2) is 0 Å². The predicted octanol–water partition coefficient (Wildman–Crippen LogP) is 4.04. The SMILES string of the molecule is OC(COc1cccc(-c2ccc3ncn(C4CCNC4)c3c2)c1)CN1CCc2ccccc2C1. The van der Waals surface area contributed by atoms with Crippen LogP contribution in [0.5, 0.6) is 5.75 Å². The zero-order valence-electron chi connectivity index (χ0n) is 19.9. The fourth-order valence-electron chi connectivity index (χ4n) is 5.39. The molecule has 0 saturated carbocycles. The van der Waals surface area contributed by atoms with Gasteiger partial charge in [0.05, 0.1) is 17.4 Å². The molecular formula is C29H32N4O2. The van der Waals surface area contributed by atoms with Crippen molar-refractivity contribution in [2.24, 2.45) is 0 Å². The van der Waals surface area contributed by atoms with Gasteiger partial charge in [0.25, 0.3) is 0 Å². The van der Waals surface area contributed by atoms with Crippen LogP contribution in [0.3, 0.4) is 0 Å². The Bertz CT molecular complexity index is 1310. The molecule has 2 atom stereocenters. The number of β-amino-alcohol motifs (C(OH)–C–C–N with tert-alkyl or cyclic N) is 1. The lowest BCUT2D eigenvalue weighted by atomic mass is 10.00. The van der Waals surface area contributed by atoms with E-state index >= 15 is 0 Å². The Labute approximate surface area is 206 Å². The van der Waals surface area contributed by atoms with Crippen LogP contribution in [0.1, 0.15) is 23.6 Å². The van der Waals surface area contributed by atoms with E-state index in [0.29, 0.717) is 12.6 Å². The van der Waals surface area contributed by atoms with Crippen LogP contribution in [0.4, 0.5) is 0 Å². The largest absolute Gasteiger partial charge is 0.491 e. The van der Waals surface area contributed by atoms with Crippen LogP contribution in [-0.2, 0) is 13.0 Å². The van der Waals surface area contributed by atoms with Gasteiger partial charge in [-0.25, -0.2) is 4.98 Å². The molecule has 180 valence electrons. The Balaban J connectivity index is 1.11. The summed E-state index contributed by atoms with van der Waals surface area (Å²) in [5, 5.41) is 14.1. The summed E-state index contributed by atoms with van der Waals surface area (Å²) < 4.78 is 8.32. The van der Waals surface area contributed by atoms with E-state index in [1.807, 2.05) is 18.5 Å². The number of fused-ring (bicyclic) bond motifs is 2. The summed E-state index contributed by atoms with van der Waals surface area (Å²) in [5.74, 6) is 0.777. The molecule has 6 heteroatoms. The molecule has 0 bridgehead atoms.